The normalized spacial score (nSPS) is 46.1. The lowest BCUT2D eigenvalue weighted by Gasteiger charge is -2.52. The Morgan fingerprint density at radius 2 is 1.08 bits per heavy atom. The summed E-state index contributed by atoms with van der Waals surface area (Å²) in [4.78, 5) is 37.6. The standard InChI is InChI=1S/C38H63NO32/c1-9(45)39-17-20(53)19(52)16(8-44)63-32(17)68-31-22(55)21(54)25(11(47)4-40)65-34(31)67-30-23(56)26(12(48)5-41)64-33(24(30)57)66-29-15(3-37(62,35(58)59)70-28(29)14(50)7-43)69-38(36(60)61)2-10(46)18(51)27(71-38)13(49)6-42/h10-34,40-44,46-57,62H,2-8H2,1H3,(H,39,45)(H,58,59)(H,60,61)/t10-,11+,12+,13-,14-,15-,16-,17-,18-,19-,20-,21+,22+,23-,24+,25-,26-,27-,28-,29-,30+,31+,32-,33-,34-,37-,38-/m1/s1. The summed E-state index contributed by atoms with van der Waals surface area (Å²) in [6, 6.07) is -1.75. The molecule has 0 aromatic rings. The zero-order valence-corrected chi connectivity index (χ0v) is 37.2. The molecule has 0 unspecified atom stereocenters. The molecule has 33 heteroatoms. The Kier molecular flexibility index (Phi) is 20.3. The highest BCUT2D eigenvalue weighted by Crippen LogP contribution is 2.42. The fourth-order valence-electron chi connectivity index (χ4n) is 8.77. The van der Waals surface area contributed by atoms with E-state index in [2.05, 4.69) is 5.32 Å². The van der Waals surface area contributed by atoms with Crippen molar-refractivity contribution in [3.8, 4) is 0 Å². The van der Waals surface area contributed by atoms with Crippen molar-refractivity contribution in [2.45, 2.75) is 184 Å². The highest BCUT2D eigenvalue weighted by molar-refractivity contribution is 5.77. The number of ether oxygens (including phenoxy) is 9. The first-order chi connectivity index (χ1) is 33.2. The van der Waals surface area contributed by atoms with Crippen molar-refractivity contribution in [1.82, 2.24) is 5.32 Å². The number of amides is 1. The lowest BCUT2D eigenvalue weighted by molar-refractivity contribution is -0.407. The van der Waals surface area contributed by atoms with Crippen molar-refractivity contribution in [1.29, 1.82) is 0 Å². The smallest absolute Gasteiger partial charge is 0.364 e. The second-order valence-electron chi connectivity index (χ2n) is 17.6. The number of aliphatic hydroxyl groups excluding tert-OH is 17. The monoisotopic (exact) mass is 1050 g/mol. The summed E-state index contributed by atoms with van der Waals surface area (Å²) in [7, 11) is 0. The molecule has 5 aliphatic heterocycles. The summed E-state index contributed by atoms with van der Waals surface area (Å²) >= 11 is 0. The Bertz CT molecular complexity index is 1760. The molecular weight excluding hydrogens is 982 g/mol. The van der Waals surface area contributed by atoms with Crippen LogP contribution in [0.15, 0.2) is 0 Å². The average molecular weight is 1050 g/mol. The Hall–Kier alpha value is -2.67. The van der Waals surface area contributed by atoms with E-state index in [4.69, 9.17) is 42.6 Å². The number of aliphatic hydroxyl groups is 18. The number of carbonyl (C=O) groups excluding carboxylic acids is 1. The van der Waals surface area contributed by atoms with Crippen LogP contribution in [0.3, 0.4) is 0 Å². The minimum Gasteiger partial charge on any atom is -0.477 e. The number of carbonyl (C=O) groups is 3. The van der Waals surface area contributed by atoms with Crippen LogP contribution >= 0.6 is 0 Å². The fourth-order valence-corrected chi connectivity index (χ4v) is 8.77. The number of carboxylic acid groups (broad SMARTS) is 2. The van der Waals surface area contributed by atoms with E-state index in [1.54, 1.807) is 0 Å². The number of carboxylic acids is 2. The summed E-state index contributed by atoms with van der Waals surface area (Å²) in [5.41, 5.74) is 0. The molecule has 1 amide bonds. The Morgan fingerprint density at radius 1 is 0.563 bits per heavy atom. The molecule has 0 aromatic carbocycles. The number of rotatable bonds is 20. The molecule has 0 bridgehead atoms. The van der Waals surface area contributed by atoms with E-state index in [-0.39, 0.29) is 0 Å². The highest BCUT2D eigenvalue weighted by atomic mass is 16.8. The number of nitrogens with one attached hydrogen (secondary N) is 1. The molecule has 5 fully saturated rings. The molecule has 33 nitrogen and oxygen atoms in total. The molecular formula is C38H63NO32. The van der Waals surface area contributed by atoms with Gasteiger partial charge < -0.3 is 150 Å². The van der Waals surface area contributed by atoms with Crippen LogP contribution in [0.2, 0.25) is 0 Å². The average Bonchev–Trinajstić information content (AvgIpc) is 3.33. The van der Waals surface area contributed by atoms with E-state index in [0.717, 1.165) is 6.92 Å². The van der Waals surface area contributed by atoms with Crippen LogP contribution in [-0.2, 0) is 57.0 Å². The molecule has 5 saturated heterocycles. The summed E-state index contributed by atoms with van der Waals surface area (Å²) in [5, 5.41) is 215. The van der Waals surface area contributed by atoms with Gasteiger partial charge in [-0.3, -0.25) is 4.79 Å². The van der Waals surface area contributed by atoms with E-state index in [9.17, 15) is 117 Å². The number of hydrogen-bond donors (Lipinski definition) is 21. The molecule has 5 aliphatic rings. The third-order valence-electron chi connectivity index (χ3n) is 12.6. The van der Waals surface area contributed by atoms with E-state index >= 15 is 0 Å². The maximum Gasteiger partial charge on any atom is 0.364 e. The van der Waals surface area contributed by atoms with Gasteiger partial charge in [-0.1, -0.05) is 0 Å². The first-order valence-corrected chi connectivity index (χ1v) is 21.9. The molecule has 5 rings (SSSR count). The molecule has 21 N–H and O–H groups in total. The zero-order valence-electron chi connectivity index (χ0n) is 37.2. The van der Waals surface area contributed by atoms with Crippen molar-refractivity contribution < 1.29 is 159 Å². The van der Waals surface area contributed by atoms with Crippen molar-refractivity contribution >= 4 is 17.8 Å². The molecule has 0 spiro atoms. The van der Waals surface area contributed by atoms with E-state index in [0.29, 0.717) is 0 Å². The van der Waals surface area contributed by atoms with Crippen LogP contribution in [0.1, 0.15) is 19.8 Å². The predicted molar refractivity (Wildman–Crippen MR) is 213 cm³/mol. The lowest BCUT2D eigenvalue weighted by Crippen LogP contribution is -2.70. The largest absolute Gasteiger partial charge is 0.477 e. The van der Waals surface area contributed by atoms with Gasteiger partial charge >= 0.3 is 11.9 Å². The Labute approximate surface area is 399 Å². The SMILES string of the molecule is CC(=O)N[C@H]1[C@@H](O[C@@H]2[C@@H](O[C@@H]3[C@H](O)[C@@H](O[C@H]4[C@@H]([C@H](O)CO)O[C@@](O)(C(=O)O)C[C@H]4O[C@]4(C(=O)O)C[C@@H](O)[C@@H](O)[C@@H]([C@H](O)CO)O4)O[C@H]([C@@H](O)CO)[C@H]3O)O[C@H]([C@@H](O)CO)[C@@H](O)[C@@H]2O)O[C@H](CO)[C@@H](O)[C@@H]1O. The van der Waals surface area contributed by atoms with Gasteiger partial charge in [0.25, 0.3) is 11.6 Å². The van der Waals surface area contributed by atoms with Crippen LogP contribution in [0.25, 0.3) is 0 Å². The van der Waals surface area contributed by atoms with Crippen LogP contribution < -0.4 is 5.32 Å². The minimum absolute atomic E-state index is 0.851. The second kappa shape index (κ2) is 24.3. The summed E-state index contributed by atoms with van der Waals surface area (Å²) in [6.45, 7) is -4.99. The zero-order chi connectivity index (χ0) is 53.2. The van der Waals surface area contributed by atoms with Gasteiger partial charge in [0.1, 0.15) is 122 Å². The van der Waals surface area contributed by atoms with Crippen molar-refractivity contribution in [3.63, 3.8) is 0 Å². The summed E-state index contributed by atoms with van der Waals surface area (Å²) in [5.74, 6) is -12.0. The molecule has 27 atom stereocenters. The number of aliphatic carboxylic acids is 2. The van der Waals surface area contributed by atoms with Crippen LogP contribution in [-0.4, -0.2) is 318 Å². The summed E-state index contributed by atoms with van der Waals surface area (Å²) < 4.78 is 50.9. The quantitative estimate of drug-likeness (QED) is 0.0538. The third-order valence-corrected chi connectivity index (χ3v) is 12.6. The Balaban J connectivity index is 1.58. The molecule has 0 saturated carbocycles. The highest BCUT2D eigenvalue weighted by Gasteiger charge is 2.63. The van der Waals surface area contributed by atoms with Gasteiger partial charge in [0, 0.05) is 19.8 Å². The van der Waals surface area contributed by atoms with E-state index < -0.39 is 228 Å². The molecule has 0 radical (unpaired) electrons. The minimum atomic E-state index is -3.49. The van der Waals surface area contributed by atoms with Crippen molar-refractivity contribution in [2.24, 2.45) is 0 Å². The van der Waals surface area contributed by atoms with E-state index in [1.807, 2.05) is 0 Å². The molecule has 0 aliphatic carbocycles. The van der Waals surface area contributed by atoms with Gasteiger partial charge in [0.05, 0.1) is 45.2 Å². The van der Waals surface area contributed by atoms with Crippen LogP contribution in [0, 0.1) is 0 Å². The fraction of sp³-hybridized carbons (Fsp3) is 0.921. The van der Waals surface area contributed by atoms with Crippen molar-refractivity contribution in [2.75, 3.05) is 33.0 Å². The van der Waals surface area contributed by atoms with Gasteiger partial charge in [-0.05, 0) is 0 Å². The number of hydrogen-bond acceptors (Lipinski definition) is 30. The Morgan fingerprint density at radius 3 is 1.62 bits per heavy atom. The molecule has 71 heavy (non-hydrogen) atoms. The molecule has 0 aromatic heterocycles. The predicted octanol–water partition coefficient (Wildman–Crippen LogP) is -13.4. The van der Waals surface area contributed by atoms with Crippen LogP contribution in [0.5, 0.6) is 0 Å². The second-order valence-corrected chi connectivity index (χ2v) is 17.6. The first-order valence-electron chi connectivity index (χ1n) is 21.9. The van der Waals surface area contributed by atoms with Crippen molar-refractivity contribution in [3.05, 3.63) is 0 Å². The summed E-state index contributed by atoms with van der Waals surface area (Å²) in [6.07, 6.45) is -55.9. The molecule has 5 heterocycles. The maximum atomic E-state index is 13.0. The molecule has 412 valence electrons. The third kappa shape index (κ3) is 12.4. The van der Waals surface area contributed by atoms with Gasteiger partial charge in [-0.2, -0.15) is 0 Å². The van der Waals surface area contributed by atoms with Gasteiger partial charge in [0.15, 0.2) is 18.9 Å². The maximum absolute atomic E-state index is 13.0. The van der Waals surface area contributed by atoms with Gasteiger partial charge in [0.2, 0.25) is 5.91 Å². The lowest BCUT2D eigenvalue weighted by atomic mass is 9.89. The first kappa shape index (κ1) is 59.2. The van der Waals surface area contributed by atoms with E-state index in [1.165, 1.54) is 0 Å². The van der Waals surface area contributed by atoms with Gasteiger partial charge in [-0.15, -0.1) is 0 Å². The van der Waals surface area contributed by atoms with Crippen LogP contribution in [0.4, 0.5) is 0 Å². The van der Waals surface area contributed by atoms with Gasteiger partial charge in [-0.25, -0.2) is 9.59 Å². The topological polar surface area (TPSA) is 551 Å².